The lowest BCUT2D eigenvalue weighted by Gasteiger charge is -2.27. The third kappa shape index (κ3) is 1.44. The van der Waals surface area contributed by atoms with Crippen LogP contribution in [0.25, 0.3) is 0 Å². The predicted octanol–water partition coefficient (Wildman–Crippen LogP) is 0.768. The highest BCUT2D eigenvalue weighted by Gasteiger charge is 2.31. The third-order valence-corrected chi connectivity index (χ3v) is 1.90. The van der Waals surface area contributed by atoms with Crippen LogP contribution < -0.4 is 5.32 Å². The summed E-state index contributed by atoms with van der Waals surface area (Å²) < 4.78 is 4.89. The van der Waals surface area contributed by atoms with E-state index in [1.807, 2.05) is 0 Å². The number of ether oxygens (including phenoxy) is 1. The average Bonchev–Trinajstić information content (AvgIpc) is 2.05. The van der Waals surface area contributed by atoms with Crippen molar-refractivity contribution in [2.24, 2.45) is 0 Å². The molecule has 0 aromatic carbocycles. The van der Waals surface area contributed by atoms with Gasteiger partial charge in [-0.1, -0.05) is 11.6 Å². The van der Waals surface area contributed by atoms with E-state index in [2.05, 4.69) is 5.32 Å². The molecule has 1 atom stereocenters. The van der Waals surface area contributed by atoms with Gasteiger partial charge >= 0.3 is 0 Å². The first-order valence-corrected chi connectivity index (χ1v) is 3.45. The molecule has 0 amide bonds. The Labute approximate surface area is 69.7 Å². The summed E-state index contributed by atoms with van der Waals surface area (Å²) in [6.45, 7) is 0. The van der Waals surface area contributed by atoms with Crippen molar-refractivity contribution < 1.29 is 9.53 Å². The van der Waals surface area contributed by atoms with Crippen molar-refractivity contribution in [3.8, 4) is 0 Å². The van der Waals surface area contributed by atoms with Gasteiger partial charge in [-0.3, -0.25) is 4.79 Å². The van der Waals surface area contributed by atoms with Crippen LogP contribution in [0, 0.1) is 0 Å². The molecule has 0 fully saturated rings. The fraction of sp³-hybridized carbons (Fsp3) is 0.286. The van der Waals surface area contributed by atoms with Gasteiger partial charge in [0.1, 0.15) is 0 Å². The Morgan fingerprint density at radius 3 is 3.00 bits per heavy atom. The molecule has 11 heavy (non-hydrogen) atoms. The summed E-state index contributed by atoms with van der Waals surface area (Å²) in [7, 11) is 1.43. The zero-order valence-corrected chi connectivity index (χ0v) is 6.76. The van der Waals surface area contributed by atoms with Gasteiger partial charge in [0, 0.05) is 13.3 Å². The number of rotatable bonds is 2. The summed E-state index contributed by atoms with van der Waals surface area (Å²) in [5.41, 5.74) is 0.365. The molecule has 1 N–H and O–H groups in total. The van der Waals surface area contributed by atoms with Crippen LogP contribution in [-0.2, 0) is 9.53 Å². The quantitative estimate of drug-likeness (QED) is 0.381. The number of hydrogen-bond donors (Lipinski definition) is 1. The van der Waals surface area contributed by atoms with Gasteiger partial charge in [0.15, 0.2) is 6.29 Å². The molecule has 0 aliphatic carbocycles. The molecule has 0 aromatic rings. The Morgan fingerprint density at radius 2 is 2.55 bits per heavy atom. The molecular weight excluding hydrogens is 166 g/mol. The lowest BCUT2D eigenvalue weighted by molar-refractivity contribution is -0.106. The first-order valence-electron chi connectivity index (χ1n) is 3.07. The van der Waals surface area contributed by atoms with Crippen LogP contribution in [0.2, 0.25) is 0 Å². The third-order valence-electron chi connectivity index (χ3n) is 1.42. The highest BCUT2D eigenvalue weighted by atomic mass is 35.5. The number of halogens is 1. The lowest BCUT2D eigenvalue weighted by atomic mass is 10.2. The van der Waals surface area contributed by atoms with E-state index in [4.69, 9.17) is 16.3 Å². The molecule has 0 aromatic heterocycles. The standard InChI is InChI=1S/C7H8ClNO2/c1-11-7(8)6(5-10)3-2-4-9-7/h2-5,9H,1H3. The molecule has 0 spiro atoms. The van der Waals surface area contributed by atoms with Gasteiger partial charge in [-0.2, -0.15) is 0 Å². The molecule has 1 aliphatic rings. The van der Waals surface area contributed by atoms with Gasteiger partial charge in [0.05, 0.1) is 5.57 Å². The van der Waals surface area contributed by atoms with Crippen molar-refractivity contribution in [1.29, 1.82) is 0 Å². The normalized spacial score (nSPS) is 29.1. The molecule has 0 saturated carbocycles. The minimum absolute atomic E-state index is 0.365. The number of allylic oxidation sites excluding steroid dienone is 2. The second-order valence-corrected chi connectivity index (χ2v) is 2.57. The number of alkyl halides is 1. The number of methoxy groups -OCH3 is 1. The molecule has 1 aliphatic heterocycles. The first-order chi connectivity index (χ1) is 5.23. The predicted molar refractivity (Wildman–Crippen MR) is 42.0 cm³/mol. The molecule has 0 bridgehead atoms. The van der Waals surface area contributed by atoms with E-state index in [1.54, 1.807) is 18.4 Å². The Balaban J connectivity index is 2.91. The summed E-state index contributed by atoms with van der Waals surface area (Å²) in [5, 5.41) is 1.53. The van der Waals surface area contributed by atoms with Crippen LogP contribution >= 0.6 is 11.6 Å². The van der Waals surface area contributed by atoms with Crippen LogP contribution in [0.5, 0.6) is 0 Å². The van der Waals surface area contributed by atoms with Gasteiger partial charge in [-0.05, 0) is 12.2 Å². The molecule has 60 valence electrons. The number of nitrogens with one attached hydrogen (secondary N) is 1. The summed E-state index contributed by atoms with van der Waals surface area (Å²) in [6, 6.07) is 0. The first kappa shape index (κ1) is 8.30. The number of dihydropyridines is 1. The minimum atomic E-state index is -1.18. The van der Waals surface area contributed by atoms with Crippen LogP contribution in [0.1, 0.15) is 0 Å². The van der Waals surface area contributed by atoms with E-state index in [0.717, 1.165) is 0 Å². The Morgan fingerprint density at radius 1 is 1.82 bits per heavy atom. The van der Waals surface area contributed by atoms with Crippen LogP contribution in [-0.4, -0.2) is 18.6 Å². The van der Waals surface area contributed by atoms with Gasteiger partial charge in [-0.25, -0.2) is 0 Å². The SMILES string of the molecule is COC1(Cl)NC=CC=C1C=O. The van der Waals surface area contributed by atoms with Crippen molar-refractivity contribution >= 4 is 17.9 Å². The second-order valence-electron chi connectivity index (χ2n) is 2.04. The summed E-state index contributed by atoms with van der Waals surface area (Å²) >= 11 is 5.84. The zero-order chi connectivity index (χ0) is 8.32. The van der Waals surface area contributed by atoms with Crippen LogP contribution in [0.4, 0.5) is 0 Å². The van der Waals surface area contributed by atoms with E-state index in [1.165, 1.54) is 7.11 Å². The van der Waals surface area contributed by atoms with Crippen molar-refractivity contribution in [2.75, 3.05) is 7.11 Å². The molecule has 1 rings (SSSR count). The van der Waals surface area contributed by atoms with Crippen LogP contribution in [0.3, 0.4) is 0 Å². The summed E-state index contributed by atoms with van der Waals surface area (Å²) in [4.78, 5) is 10.4. The lowest BCUT2D eigenvalue weighted by Crippen LogP contribution is -2.42. The van der Waals surface area contributed by atoms with E-state index >= 15 is 0 Å². The molecule has 0 saturated heterocycles. The number of carbonyl (C=O) groups excluding carboxylic acids is 1. The maximum absolute atomic E-state index is 10.4. The zero-order valence-electron chi connectivity index (χ0n) is 6.00. The minimum Gasteiger partial charge on any atom is -0.347 e. The highest BCUT2D eigenvalue weighted by Crippen LogP contribution is 2.23. The molecular formula is C7H8ClNO2. The summed E-state index contributed by atoms with van der Waals surface area (Å²) in [6.07, 6.45) is 5.56. The molecule has 1 heterocycles. The Kier molecular flexibility index (Phi) is 2.31. The van der Waals surface area contributed by atoms with Crippen molar-refractivity contribution in [3.63, 3.8) is 0 Å². The number of carbonyl (C=O) groups is 1. The number of aldehydes is 1. The Bertz CT molecular complexity index is 224. The Hall–Kier alpha value is -0.800. The molecule has 1 unspecified atom stereocenters. The average molecular weight is 174 g/mol. The smallest absolute Gasteiger partial charge is 0.246 e. The highest BCUT2D eigenvalue weighted by molar-refractivity contribution is 6.26. The fourth-order valence-corrected chi connectivity index (χ4v) is 0.960. The van der Waals surface area contributed by atoms with Crippen molar-refractivity contribution in [2.45, 2.75) is 5.18 Å². The second kappa shape index (κ2) is 3.07. The molecule has 0 radical (unpaired) electrons. The van der Waals surface area contributed by atoms with E-state index in [9.17, 15) is 4.79 Å². The van der Waals surface area contributed by atoms with E-state index in [-0.39, 0.29) is 0 Å². The maximum atomic E-state index is 10.4. The van der Waals surface area contributed by atoms with E-state index < -0.39 is 5.18 Å². The molecule has 4 heteroatoms. The van der Waals surface area contributed by atoms with Gasteiger partial charge in [0.25, 0.3) is 0 Å². The van der Waals surface area contributed by atoms with Gasteiger partial charge in [-0.15, -0.1) is 0 Å². The molecule has 3 nitrogen and oxygen atoms in total. The monoisotopic (exact) mass is 173 g/mol. The number of hydrogen-bond acceptors (Lipinski definition) is 3. The van der Waals surface area contributed by atoms with Crippen molar-refractivity contribution in [1.82, 2.24) is 5.32 Å². The topological polar surface area (TPSA) is 38.3 Å². The van der Waals surface area contributed by atoms with Gasteiger partial charge in [0.2, 0.25) is 5.18 Å². The maximum Gasteiger partial charge on any atom is 0.246 e. The fourth-order valence-electron chi connectivity index (χ4n) is 0.789. The van der Waals surface area contributed by atoms with Gasteiger partial charge < -0.3 is 10.1 Å². The van der Waals surface area contributed by atoms with E-state index in [0.29, 0.717) is 11.9 Å². The largest absolute Gasteiger partial charge is 0.347 e. The van der Waals surface area contributed by atoms with Crippen LogP contribution in [0.15, 0.2) is 23.9 Å². The van der Waals surface area contributed by atoms with Crippen molar-refractivity contribution in [3.05, 3.63) is 23.9 Å². The summed E-state index contributed by atoms with van der Waals surface area (Å²) in [5.74, 6) is 0.